The Hall–Kier alpha value is -2.21. The number of unbranched alkanes of at least 4 members (excludes halogenated alkanes) is 1. The summed E-state index contributed by atoms with van der Waals surface area (Å²) in [6, 6.07) is 6.85. The van der Waals surface area contributed by atoms with E-state index in [0.29, 0.717) is 0 Å². The first kappa shape index (κ1) is 15.2. The molecule has 2 rings (SSSR count). The van der Waals surface area contributed by atoms with E-state index in [2.05, 4.69) is 10.3 Å². The normalized spacial score (nSPS) is 12.2. The predicted molar refractivity (Wildman–Crippen MR) is 81.0 cm³/mol. The summed E-state index contributed by atoms with van der Waals surface area (Å²) in [5.41, 5.74) is 0.910. The van der Waals surface area contributed by atoms with Crippen LogP contribution < -0.4 is 5.32 Å². The molecule has 0 aliphatic heterocycles. The molecule has 0 saturated heterocycles. The molecule has 6 nitrogen and oxygen atoms in total. The summed E-state index contributed by atoms with van der Waals surface area (Å²) < 4.78 is 2.05. The van der Waals surface area contributed by atoms with E-state index in [1.807, 2.05) is 30.1 Å². The third-order valence-electron chi connectivity index (χ3n) is 3.45. The van der Waals surface area contributed by atoms with Crippen LogP contribution in [0, 0.1) is 10.1 Å². The maximum Gasteiger partial charge on any atom is 0.274 e. The number of rotatable bonds is 8. The maximum absolute atomic E-state index is 11.0. The molecule has 2 aromatic rings. The number of hydrogen-bond donors (Lipinski definition) is 1. The lowest BCUT2D eigenvalue weighted by Crippen LogP contribution is -2.21. The highest BCUT2D eigenvalue weighted by molar-refractivity contribution is 5.41. The average molecular weight is 288 g/mol. The summed E-state index contributed by atoms with van der Waals surface area (Å²) in [6.07, 6.45) is 7.59. The number of aromatic nitrogens is 2. The molecule has 0 spiro atoms. The van der Waals surface area contributed by atoms with Crippen LogP contribution in [-0.4, -0.2) is 21.0 Å². The van der Waals surface area contributed by atoms with Gasteiger partial charge >= 0.3 is 0 Å². The molecule has 1 heterocycles. The Morgan fingerprint density at radius 2 is 2.19 bits per heavy atom. The number of nitrogens with one attached hydrogen (secondary N) is 1. The minimum absolute atomic E-state index is 0.0279. The number of para-hydroxylation sites is 1. The molecule has 1 unspecified atom stereocenters. The first-order valence-electron chi connectivity index (χ1n) is 7.11. The Labute approximate surface area is 124 Å². The van der Waals surface area contributed by atoms with E-state index in [-0.39, 0.29) is 16.7 Å². The first-order valence-corrected chi connectivity index (χ1v) is 7.11. The number of nitro groups is 1. The van der Waals surface area contributed by atoms with E-state index in [9.17, 15) is 10.1 Å². The third kappa shape index (κ3) is 4.39. The van der Waals surface area contributed by atoms with E-state index in [1.54, 1.807) is 24.4 Å². The molecule has 6 heteroatoms. The molecule has 0 aliphatic carbocycles. The molecule has 0 bridgehead atoms. The molecule has 1 N–H and O–H groups in total. The second-order valence-corrected chi connectivity index (χ2v) is 5.00. The van der Waals surface area contributed by atoms with Crippen LogP contribution in [-0.2, 0) is 6.54 Å². The van der Waals surface area contributed by atoms with Crippen LogP contribution in [0.25, 0.3) is 0 Å². The summed E-state index contributed by atoms with van der Waals surface area (Å²) >= 11 is 0. The van der Waals surface area contributed by atoms with E-state index in [0.717, 1.165) is 31.5 Å². The molecule has 0 saturated carbocycles. The van der Waals surface area contributed by atoms with Gasteiger partial charge in [0.05, 0.1) is 11.3 Å². The zero-order valence-electron chi connectivity index (χ0n) is 12.1. The third-order valence-corrected chi connectivity index (χ3v) is 3.45. The first-order chi connectivity index (χ1) is 10.2. The van der Waals surface area contributed by atoms with Crippen LogP contribution in [0.2, 0.25) is 0 Å². The molecule has 112 valence electrons. The van der Waals surface area contributed by atoms with Gasteiger partial charge in [0.25, 0.3) is 5.69 Å². The minimum atomic E-state index is -0.327. The molecular formula is C15H20N4O2. The smallest absolute Gasteiger partial charge is 0.274 e. The topological polar surface area (TPSA) is 73.0 Å². The van der Waals surface area contributed by atoms with Crippen molar-refractivity contribution in [2.24, 2.45) is 0 Å². The summed E-state index contributed by atoms with van der Waals surface area (Å²) in [5, 5.41) is 14.3. The number of nitro benzene ring substituents is 1. The number of hydrogen-bond acceptors (Lipinski definition) is 4. The highest BCUT2D eigenvalue weighted by Gasteiger charge is 2.17. The molecule has 0 aliphatic rings. The Kier molecular flexibility index (Phi) is 5.45. The van der Waals surface area contributed by atoms with Crippen molar-refractivity contribution in [1.82, 2.24) is 14.9 Å². The van der Waals surface area contributed by atoms with Crippen LogP contribution >= 0.6 is 0 Å². The van der Waals surface area contributed by atoms with Gasteiger partial charge in [-0.2, -0.15) is 0 Å². The Morgan fingerprint density at radius 3 is 2.90 bits per heavy atom. The SMILES string of the molecule is CC(NCCCCn1ccnc1)c1ccccc1[N+](=O)[O-]. The zero-order valence-corrected chi connectivity index (χ0v) is 12.1. The van der Waals surface area contributed by atoms with Gasteiger partial charge in [-0.1, -0.05) is 18.2 Å². The fourth-order valence-corrected chi connectivity index (χ4v) is 2.29. The zero-order chi connectivity index (χ0) is 15.1. The molecule has 1 aromatic heterocycles. The molecule has 0 radical (unpaired) electrons. The monoisotopic (exact) mass is 288 g/mol. The van der Waals surface area contributed by atoms with E-state index >= 15 is 0 Å². The lowest BCUT2D eigenvalue weighted by atomic mass is 10.1. The van der Waals surface area contributed by atoms with Crippen molar-refractivity contribution in [2.45, 2.75) is 32.4 Å². The summed E-state index contributed by atoms with van der Waals surface area (Å²) in [7, 11) is 0. The Balaban J connectivity index is 1.77. The van der Waals surface area contributed by atoms with Crippen molar-refractivity contribution in [1.29, 1.82) is 0 Å². The van der Waals surface area contributed by atoms with Crippen LogP contribution in [0.5, 0.6) is 0 Å². The van der Waals surface area contributed by atoms with Gasteiger partial charge in [-0.15, -0.1) is 0 Å². The Bertz CT molecular complexity index is 569. The fraction of sp³-hybridized carbons (Fsp3) is 0.400. The Morgan fingerprint density at radius 1 is 1.38 bits per heavy atom. The number of imidazole rings is 1. The molecule has 0 fully saturated rings. The highest BCUT2D eigenvalue weighted by Crippen LogP contribution is 2.24. The summed E-state index contributed by atoms with van der Waals surface area (Å²) in [5.74, 6) is 0. The van der Waals surface area contributed by atoms with Gasteiger partial charge in [0.15, 0.2) is 0 Å². The van der Waals surface area contributed by atoms with Gasteiger partial charge < -0.3 is 9.88 Å². The van der Waals surface area contributed by atoms with Gasteiger partial charge in [0, 0.05) is 36.6 Å². The largest absolute Gasteiger partial charge is 0.337 e. The molecule has 1 aromatic carbocycles. The van der Waals surface area contributed by atoms with Crippen molar-refractivity contribution in [3.63, 3.8) is 0 Å². The lowest BCUT2D eigenvalue weighted by molar-refractivity contribution is -0.385. The van der Waals surface area contributed by atoms with Crippen LogP contribution in [0.1, 0.15) is 31.4 Å². The van der Waals surface area contributed by atoms with Crippen LogP contribution in [0.3, 0.4) is 0 Å². The number of aryl methyl sites for hydroxylation is 1. The fourth-order valence-electron chi connectivity index (χ4n) is 2.29. The van der Waals surface area contributed by atoms with Crippen molar-refractivity contribution >= 4 is 5.69 Å². The standard InChI is InChI=1S/C15H20N4O2/c1-13(14-6-2-3-7-15(14)19(20)21)17-8-4-5-10-18-11-9-16-12-18/h2-3,6-7,9,11-13,17H,4-5,8,10H2,1H3. The van der Waals surface area contributed by atoms with Gasteiger partial charge in [-0.3, -0.25) is 10.1 Å². The van der Waals surface area contributed by atoms with E-state index < -0.39 is 0 Å². The predicted octanol–water partition coefficient (Wildman–Crippen LogP) is 2.92. The second kappa shape index (κ2) is 7.54. The van der Waals surface area contributed by atoms with Crippen LogP contribution in [0.15, 0.2) is 43.0 Å². The average Bonchev–Trinajstić information content (AvgIpc) is 3.00. The number of nitrogens with zero attached hydrogens (tertiary/aromatic N) is 3. The highest BCUT2D eigenvalue weighted by atomic mass is 16.6. The molecule has 21 heavy (non-hydrogen) atoms. The second-order valence-electron chi connectivity index (χ2n) is 5.00. The minimum Gasteiger partial charge on any atom is -0.337 e. The number of benzene rings is 1. The maximum atomic E-state index is 11.0. The van der Waals surface area contributed by atoms with Crippen molar-refractivity contribution in [3.8, 4) is 0 Å². The van der Waals surface area contributed by atoms with Crippen molar-refractivity contribution in [2.75, 3.05) is 6.54 Å². The molecular weight excluding hydrogens is 268 g/mol. The summed E-state index contributed by atoms with van der Waals surface area (Å²) in [6.45, 7) is 3.74. The van der Waals surface area contributed by atoms with Gasteiger partial charge in [-0.05, 0) is 26.3 Å². The molecule has 0 amide bonds. The van der Waals surface area contributed by atoms with Crippen LogP contribution in [0.4, 0.5) is 5.69 Å². The van der Waals surface area contributed by atoms with Gasteiger partial charge in [0.2, 0.25) is 0 Å². The quantitative estimate of drug-likeness (QED) is 0.460. The van der Waals surface area contributed by atoms with E-state index in [4.69, 9.17) is 0 Å². The lowest BCUT2D eigenvalue weighted by Gasteiger charge is -2.14. The molecule has 1 atom stereocenters. The van der Waals surface area contributed by atoms with E-state index in [1.165, 1.54) is 0 Å². The van der Waals surface area contributed by atoms with Gasteiger partial charge in [-0.25, -0.2) is 4.98 Å². The summed E-state index contributed by atoms with van der Waals surface area (Å²) in [4.78, 5) is 14.7. The van der Waals surface area contributed by atoms with Gasteiger partial charge in [0.1, 0.15) is 0 Å². The van der Waals surface area contributed by atoms with Crippen molar-refractivity contribution in [3.05, 3.63) is 58.7 Å². The van der Waals surface area contributed by atoms with Crippen molar-refractivity contribution < 1.29 is 4.92 Å².